The molecule has 0 spiro atoms. The van der Waals surface area contributed by atoms with Gasteiger partial charge in [0.2, 0.25) is 5.91 Å². The first-order valence-electron chi connectivity index (χ1n) is 9.45. The van der Waals surface area contributed by atoms with Crippen molar-refractivity contribution in [2.45, 2.75) is 0 Å². The van der Waals surface area contributed by atoms with Gasteiger partial charge in [-0.05, 0) is 48.5 Å². The molecule has 0 unspecified atom stereocenters. The predicted molar refractivity (Wildman–Crippen MR) is 115 cm³/mol. The number of para-hydroxylation sites is 1. The van der Waals surface area contributed by atoms with E-state index in [-0.39, 0.29) is 16.9 Å². The zero-order valence-electron chi connectivity index (χ0n) is 16.9. The van der Waals surface area contributed by atoms with E-state index in [1.807, 2.05) is 0 Å². The predicted octanol–water partition coefficient (Wildman–Crippen LogP) is 3.59. The van der Waals surface area contributed by atoms with Crippen molar-refractivity contribution in [3.63, 3.8) is 0 Å². The van der Waals surface area contributed by atoms with E-state index in [1.54, 1.807) is 42.5 Å². The fourth-order valence-electron chi connectivity index (χ4n) is 2.76. The SMILES string of the molecule is COc1ccc(C(=O)Nc2ccccc2C(=O)NCC(=O)Nc2ccc(F)c(F)c2)cc1. The van der Waals surface area contributed by atoms with Gasteiger partial charge in [-0.25, -0.2) is 8.78 Å². The largest absolute Gasteiger partial charge is 0.497 e. The normalized spacial score (nSPS) is 10.2. The Labute approximate surface area is 182 Å². The van der Waals surface area contributed by atoms with Gasteiger partial charge in [0, 0.05) is 17.3 Å². The third-order valence-electron chi connectivity index (χ3n) is 4.38. The van der Waals surface area contributed by atoms with Crippen molar-refractivity contribution >= 4 is 29.1 Å². The van der Waals surface area contributed by atoms with Crippen molar-refractivity contribution in [2.24, 2.45) is 0 Å². The number of nitrogens with one attached hydrogen (secondary N) is 3. The summed E-state index contributed by atoms with van der Waals surface area (Å²) in [4.78, 5) is 37.1. The lowest BCUT2D eigenvalue weighted by atomic mass is 10.1. The van der Waals surface area contributed by atoms with E-state index < -0.39 is 35.9 Å². The van der Waals surface area contributed by atoms with Gasteiger partial charge in [-0.2, -0.15) is 0 Å². The van der Waals surface area contributed by atoms with Gasteiger partial charge in [-0.15, -0.1) is 0 Å². The summed E-state index contributed by atoms with van der Waals surface area (Å²) in [5.74, 6) is -3.20. The quantitative estimate of drug-likeness (QED) is 0.524. The second kappa shape index (κ2) is 10.2. The van der Waals surface area contributed by atoms with Crippen molar-refractivity contribution in [3.8, 4) is 5.75 Å². The second-order valence-corrected chi connectivity index (χ2v) is 6.59. The Morgan fingerprint density at radius 1 is 0.844 bits per heavy atom. The summed E-state index contributed by atoms with van der Waals surface area (Å²) in [5.41, 5.74) is 0.823. The number of anilines is 2. The number of methoxy groups -OCH3 is 1. The lowest BCUT2D eigenvalue weighted by Crippen LogP contribution is -2.33. The maximum absolute atomic E-state index is 13.2. The standard InChI is InChI=1S/C23H19F2N3O4/c1-32-16-9-6-14(7-10-16)22(30)28-20-5-3-2-4-17(20)23(31)26-13-21(29)27-15-8-11-18(24)19(25)12-15/h2-12H,13H2,1H3,(H,26,31)(H,27,29)(H,28,30). The molecule has 3 N–H and O–H groups in total. The molecule has 32 heavy (non-hydrogen) atoms. The number of carbonyl (C=O) groups excluding carboxylic acids is 3. The maximum atomic E-state index is 13.2. The summed E-state index contributed by atoms with van der Waals surface area (Å²) in [6.45, 7) is -0.418. The molecule has 164 valence electrons. The van der Waals surface area contributed by atoms with E-state index in [1.165, 1.54) is 19.2 Å². The Morgan fingerprint density at radius 3 is 2.25 bits per heavy atom. The third-order valence-corrected chi connectivity index (χ3v) is 4.38. The fourth-order valence-corrected chi connectivity index (χ4v) is 2.76. The molecule has 0 aliphatic carbocycles. The van der Waals surface area contributed by atoms with E-state index in [0.717, 1.165) is 12.1 Å². The van der Waals surface area contributed by atoms with Crippen LogP contribution in [0.15, 0.2) is 66.7 Å². The van der Waals surface area contributed by atoms with Crippen LogP contribution in [0.1, 0.15) is 20.7 Å². The average molecular weight is 439 g/mol. The van der Waals surface area contributed by atoms with Gasteiger partial charge >= 0.3 is 0 Å². The summed E-state index contributed by atoms with van der Waals surface area (Å²) in [5, 5.41) is 7.45. The highest BCUT2D eigenvalue weighted by atomic mass is 19.2. The highest BCUT2D eigenvalue weighted by molar-refractivity contribution is 6.09. The number of ether oxygens (including phenoxy) is 1. The zero-order chi connectivity index (χ0) is 23.1. The minimum Gasteiger partial charge on any atom is -0.497 e. The minimum atomic E-state index is -1.10. The number of hydrogen-bond acceptors (Lipinski definition) is 4. The first-order chi connectivity index (χ1) is 15.4. The lowest BCUT2D eigenvalue weighted by molar-refractivity contribution is -0.115. The van der Waals surface area contributed by atoms with Crippen LogP contribution >= 0.6 is 0 Å². The van der Waals surface area contributed by atoms with E-state index in [9.17, 15) is 23.2 Å². The molecule has 0 saturated carbocycles. The van der Waals surface area contributed by atoms with Crippen molar-refractivity contribution in [3.05, 3.63) is 89.5 Å². The third kappa shape index (κ3) is 5.66. The molecule has 0 atom stereocenters. The van der Waals surface area contributed by atoms with E-state index in [2.05, 4.69) is 16.0 Å². The van der Waals surface area contributed by atoms with Crippen molar-refractivity contribution in [2.75, 3.05) is 24.3 Å². The zero-order valence-corrected chi connectivity index (χ0v) is 16.9. The van der Waals surface area contributed by atoms with Gasteiger partial charge in [-0.1, -0.05) is 12.1 Å². The number of amides is 3. The summed E-state index contributed by atoms with van der Waals surface area (Å²) in [6, 6.07) is 15.7. The Hall–Kier alpha value is -4.27. The highest BCUT2D eigenvalue weighted by Gasteiger charge is 2.15. The van der Waals surface area contributed by atoms with Crippen molar-refractivity contribution in [1.29, 1.82) is 0 Å². The average Bonchev–Trinajstić information content (AvgIpc) is 2.80. The molecule has 0 bridgehead atoms. The summed E-state index contributed by atoms with van der Waals surface area (Å²) >= 11 is 0. The number of carbonyl (C=O) groups is 3. The van der Waals surface area contributed by atoms with E-state index in [0.29, 0.717) is 11.3 Å². The molecule has 0 saturated heterocycles. The summed E-state index contributed by atoms with van der Waals surface area (Å²) in [6.07, 6.45) is 0. The summed E-state index contributed by atoms with van der Waals surface area (Å²) in [7, 11) is 1.52. The van der Waals surface area contributed by atoms with Crippen LogP contribution in [0.2, 0.25) is 0 Å². The van der Waals surface area contributed by atoms with Crippen LogP contribution in [-0.2, 0) is 4.79 Å². The smallest absolute Gasteiger partial charge is 0.255 e. The van der Waals surface area contributed by atoms with E-state index in [4.69, 9.17) is 4.74 Å². The molecule has 3 amide bonds. The molecule has 0 aliphatic rings. The van der Waals surface area contributed by atoms with Gasteiger partial charge in [0.1, 0.15) is 5.75 Å². The first-order valence-corrected chi connectivity index (χ1v) is 9.45. The molecule has 3 rings (SSSR count). The molecule has 9 heteroatoms. The molecule has 0 radical (unpaired) electrons. The van der Waals surface area contributed by atoms with Crippen LogP contribution in [0, 0.1) is 11.6 Å². The Morgan fingerprint density at radius 2 is 1.56 bits per heavy atom. The van der Waals surface area contributed by atoms with Gasteiger partial charge in [0.05, 0.1) is 24.9 Å². The number of halogens is 2. The van der Waals surface area contributed by atoms with Crippen LogP contribution in [0.5, 0.6) is 5.75 Å². The summed E-state index contributed by atoms with van der Waals surface area (Å²) < 4.78 is 31.3. The second-order valence-electron chi connectivity index (χ2n) is 6.59. The van der Waals surface area contributed by atoms with Gasteiger partial charge in [0.15, 0.2) is 11.6 Å². The monoisotopic (exact) mass is 439 g/mol. The molecule has 3 aromatic rings. The van der Waals surface area contributed by atoms with Gasteiger partial charge in [-0.3, -0.25) is 14.4 Å². The van der Waals surface area contributed by atoms with Crippen LogP contribution in [0.25, 0.3) is 0 Å². The van der Waals surface area contributed by atoms with Crippen molar-refractivity contribution in [1.82, 2.24) is 5.32 Å². The molecule has 7 nitrogen and oxygen atoms in total. The fraction of sp³-hybridized carbons (Fsp3) is 0.0870. The molecule has 0 heterocycles. The number of rotatable bonds is 7. The molecule has 0 aliphatic heterocycles. The molecular formula is C23H19F2N3O4. The minimum absolute atomic E-state index is 0.0512. The Balaban J connectivity index is 1.62. The number of benzene rings is 3. The molecule has 0 aromatic heterocycles. The maximum Gasteiger partial charge on any atom is 0.255 e. The van der Waals surface area contributed by atoms with Gasteiger partial charge in [0.25, 0.3) is 11.8 Å². The number of hydrogen-bond donors (Lipinski definition) is 3. The Bertz CT molecular complexity index is 1150. The van der Waals surface area contributed by atoms with Crippen LogP contribution in [0.4, 0.5) is 20.2 Å². The first kappa shape index (κ1) is 22.4. The van der Waals surface area contributed by atoms with Crippen molar-refractivity contribution < 1.29 is 27.9 Å². The molecule has 3 aromatic carbocycles. The Kier molecular flexibility index (Phi) is 7.12. The van der Waals surface area contributed by atoms with Crippen LogP contribution in [0.3, 0.4) is 0 Å². The topological polar surface area (TPSA) is 96.5 Å². The van der Waals surface area contributed by atoms with E-state index >= 15 is 0 Å². The highest BCUT2D eigenvalue weighted by Crippen LogP contribution is 2.18. The molecule has 0 fully saturated rings. The lowest BCUT2D eigenvalue weighted by Gasteiger charge is -2.12. The van der Waals surface area contributed by atoms with Gasteiger partial charge < -0.3 is 20.7 Å². The molecular weight excluding hydrogens is 420 g/mol. The van der Waals surface area contributed by atoms with Crippen LogP contribution in [-0.4, -0.2) is 31.4 Å². The van der Waals surface area contributed by atoms with Crippen LogP contribution < -0.4 is 20.7 Å².